The number of β-lactam (4-membered cyclic amide) rings is 1. The van der Waals surface area contributed by atoms with E-state index in [0.717, 1.165) is 10.5 Å². The fraction of sp³-hybridized carbons (Fsp3) is 0.435. The molecule has 1 unspecified atom stereocenters. The molecule has 1 aliphatic carbocycles. The number of fused-ring (bicyclic) bond motifs is 1. The summed E-state index contributed by atoms with van der Waals surface area (Å²) >= 11 is 0. The minimum absolute atomic E-state index is 0.00614. The van der Waals surface area contributed by atoms with Gasteiger partial charge < -0.3 is 14.6 Å². The molecule has 0 bridgehead atoms. The minimum atomic E-state index is -1.54. The van der Waals surface area contributed by atoms with Crippen LogP contribution >= 0.6 is 0 Å². The molecule has 3 atom stereocenters. The van der Waals surface area contributed by atoms with Crippen LogP contribution in [0.15, 0.2) is 59.6 Å². The van der Waals surface area contributed by atoms with Gasteiger partial charge in [-0.2, -0.15) is 0 Å². The van der Waals surface area contributed by atoms with Crippen LogP contribution < -0.4 is 0 Å². The van der Waals surface area contributed by atoms with Gasteiger partial charge in [0.2, 0.25) is 0 Å². The second-order valence-electron chi connectivity index (χ2n) is 8.68. The maximum absolute atomic E-state index is 12.9. The van der Waals surface area contributed by atoms with Crippen molar-refractivity contribution in [1.29, 1.82) is 0 Å². The van der Waals surface area contributed by atoms with E-state index in [4.69, 9.17) is 9.47 Å². The van der Waals surface area contributed by atoms with Crippen LogP contribution in [0.4, 0.5) is 0 Å². The molecular formula is C23H27NO7S. The van der Waals surface area contributed by atoms with Gasteiger partial charge >= 0.3 is 5.97 Å². The summed E-state index contributed by atoms with van der Waals surface area (Å²) in [6.07, 6.45) is 8.08. The van der Waals surface area contributed by atoms with Crippen molar-refractivity contribution < 1.29 is 33.2 Å². The monoisotopic (exact) mass is 461 g/mol. The summed E-state index contributed by atoms with van der Waals surface area (Å²) in [5.41, 5.74) is 0.253. The molecule has 1 N–H and O–H groups in total. The molecule has 0 saturated carbocycles. The lowest BCUT2D eigenvalue weighted by molar-refractivity contribution is -0.178. The molecule has 1 fully saturated rings. The van der Waals surface area contributed by atoms with Gasteiger partial charge in [0, 0.05) is 12.0 Å². The fourth-order valence-corrected chi connectivity index (χ4v) is 5.34. The van der Waals surface area contributed by atoms with Crippen LogP contribution in [0.1, 0.15) is 33.6 Å². The highest BCUT2D eigenvalue weighted by Gasteiger charge is 2.58. The van der Waals surface area contributed by atoms with Crippen molar-refractivity contribution >= 4 is 28.5 Å². The van der Waals surface area contributed by atoms with E-state index < -0.39 is 39.8 Å². The van der Waals surface area contributed by atoms with Gasteiger partial charge in [0.1, 0.15) is 23.4 Å². The van der Waals surface area contributed by atoms with E-state index in [0.29, 0.717) is 12.2 Å². The normalized spacial score (nSPS) is 27.3. The largest absolute Gasteiger partial charge is 0.489 e. The molecule has 0 aromatic heterocycles. The van der Waals surface area contributed by atoms with Crippen LogP contribution in [0.3, 0.4) is 0 Å². The molecule has 9 heteroatoms. The van der Waals surface area contributed by atoms with Crippen LogP contribution in [0.25, 0.3) is 0 Å². The molecule has 0 spiro atoms. The maximum atomic E-state index is 12.9. The summed E-state index contributed by atoms with van der Waals surface area (Å²) in [6, 6.07) is 0. The van der Waals surface area contributed by atoms with Crippen molar-refractivity contribution in [2.24, 2.45) is 0 Å². The molecule has 172 valence electrons. The fourth-order valence-electron chi connectivity index (χ4n) is 3.71. The number of carbonyl (C=O) groups excluding carboxylic acids is 2. The highest BCUT2D eigenvalue weighted by Crippen LogP contribution is 2.38. The molecule has 2 aliphatic heterocycles. The molecule has 1 saturated heterocycles. The standard InChI is InChI=1S/C23H27NO7S/c1-5-7-17(11-14-8-6-9-16(25)10-14)30-12-15-13-32(29)21-19(31-23(2,3)4)20(26)24(21)18(15)22(27)28/h5-7,9,11,19,21H,1,8,10,12-13H2,2-4H3,(H,27,28)/b14-11+,17-7+/t19-,21+,32?/m0/s1. The molecule has 0 aromatic rings. The Hall–Kier alpha value is -2.78. The van der Waals surface area contributed by atoms with Crippen molar-refractivity contribution in [3.8, 4) is 0 Å². The van der Waals surface area contributed by atoms with Gasteiger partial charge in [-0.3, -0.25) is 18.7 Å². The van der Waals surface area contributed by atoms with Gasteiger partial charge in [0.15, 0.2) is 11.9 Å². The number of amides is 1. The van der Waals surface area contributed by atoms with E-state index in [2.05, 4.69) is 6.58 Å². The van der Waals surface area contributed by atoms with Crippen LogP contribution in [0.2, 0.25) is 0 Å². The summed E-state index contributed by atoms with van der Waals surface area (Å²) in [4.78, 5) is 37.3. The molecule has 32 heavy (non-hydrogen) atoms. The Balaban J connectivity index is 1.82. The lowest BCUT2D eigenvalue weighted by Gasteiger charge is -2.50. The second-order valence-corrected chi connectivity index (χ2v) is 10.2. The van der Waals surface area contributed by atoms with Gasteiger partial charge in [0.25, 0.3) is 5.91 Å². The number of ketones is 1. The van der Waals surface area contributed by atoms with Crippen molar-refractivity contribution in [2.45, 2.75) is 50.7 Å². The number of hydrogen-bond donors (Lipinski definition) is 1. The first-order valence-electron chi connectivity index (χ1n) is 10.2. The molecule has 8 nitrogen and oxygen atoms in total. The van der Waals surface area contributed by atoms with Gasteiger partial charge in [-0.1, -0.05) is 24.3 Å². The maximum Gasteiger partial charge on any atom is 0.352 e. The SMILES string of the molecule is C=C/C=C(\C=C1/CC=CC(=O)C1)OCC1=C(C(=O)O)N2C(=O)[C@H](OC(C)(C)C)[C@H]2S(=O)C1. The van der Waals surface area contributed by atoms with Crippen LogP contribution in [-0.4, -0.2) is 61.3 Å². The molecule has 0 radical (unpaired) electrons. The van der Waals surface area contributed by atoms with Crippen LogP contribution in [0, 0.1) is 0 Å². The summed E-state index contributed by atoms with van der Waals surface area (Å²) in [5, 5.41) is 8.95. The van der Waals surface area contributed by atoms with E-state index in [1.165, 1.54) is 12.2 Å². The van der Waals surface area contributed by atoms with Crippen LogP contribution in [-0.2, 0) is 34.7 Å². The predicted molar refractivity (Wildman–Crippen MR) is 119 cm³/mol. The van der Waals surface area contributed by atoms with Gasteiger partial charge in [-0.05, 0) is 45.4 Å². The van der Waals surface area contributed by atoms with E-state index in [-0.39, 0.29) is 35.8 Å². The van der Waals surface area contributed by atoms with E-state index >= 15 is 0 Å². The lowest BCUT2D eigenvalue weighted by Crippen LogP contribution is -2.70. The first-order chi connectivity index (χ1) is 15.0. The average Bonchev–Trinajstić information content (AvgIpc) is 2.69. The van der Waals surface area contributed by atoms with Crippen molar-refractivity contribution in [1.82, 2.24) is 4.90 Å². The molecule has 3 aliphatic rings. The number of allylic oxidation sites excluding steroid dienone is 6. The van der Waals surface area contributed by atoms with Crippen LogP contribution in [0.5, 0.6) is 0 Å². The zero-order valence-corrected chi connectivity index (χ0v) is 19.1. The Bertz CT molecular complexity index is 996. The number of nitrogens with zero attached hydrogens (tertiary/aromatic N) is 1. The number of hydrogen-bond acceptors (Lipinski definition) is 6. The van der Waals surface area contributed by atoms with E-state index in [1.807, 2.05) is 0 Å². The number of rotatable bonds is 7. The zero-order chi connectivity index (χ0) is 23.6. The summed E-state index contributed by atoms with van der Waals surface area (Å²) in [7, 11) is -1.54. The Morgan fingerprint density at radius 1 is 1.38 bits per heavy atom. The summed E-state index contributed by atoms with van der Waals surface area (Å²) in [6.45, 7) is 8.82. The zero-order valence-electron chi connectivity index (χ0n) is 18.3. The third-order valence-electron chi connectivity index (χ3n) is 4.97. The summed E-state index contributed by atoms with van der Waals surface area (Å²) in [5.74, 6) is -1.47. The molecule has 3 rings (SSSR count). The van der Waals surface area contributed by atoms with Crippen molar-refractivity contribution in [3.05, 3.63) is 59.6 Å². The quantitative estimate of drug-likeness (QED) is 0.352. The third kappa shape index (κ3) is 5.16. The molecule has 1 amide bonds. The average molecular weight is 462 g/mol. The Kier molecular flexibility index (Phi) is 7.00. The number of aliphatic carboxylic acids is 1. The van der Waals surface area contributed by atoms with Crippen molar-refractivity contribution in [3.63, 3.8) is 0 Å². The smallest absolute Gasteiger partial charge is 0.352 e. The molecular weight excluding hydrogens is 434 g/mol. The lowest BCUT2D eigenvalue weighted by atomic mass is 9.99. The Morgan fingerprint density at radius 2 is 2.09 bits per heavy atom. The van der Waals surface area contributed by atoms with E-state index in [9.17, 15) is 23.7 Å². The number of carboxylic acids is 1. The predicted octanol–water partition coefficient (Wildman–Crippen LogP) is 2.37. The molecule has 2 heterocycles. The first kappa shape index (κ1) is 23.9. The topological polar surface area (TPSA) is 110 Å². The first-order valence-corrected chi connectivity index (χ1v) is 11.6. The Labute approximate surface area is 189 Å². The number of carbonyl (C=O) groups is 3. The second kappa shape index (κ2) is 9.38. The number of ether oxygens (including phenoxy) is 2. The van der Waals surface area contributed by atoms with Gasteiger partial charge in [-0.25, -0.2) is 4.79 Å². The van der Waals surface area contributed by atoms with E-state index in [1.54, 1.807) is 39.0 Å². The number of carboxylic acid groups (broad SMARTS) is 1. The molecule has 0 aromatic carbocycles. The Morgan fingerprint density at radius 3 is 2.69 bits per heavy atom. The minimum Gasteiger partial charge on any atom is -0.489 e. The highest BCUT2D eigenvalue weighted by atomic mass is 32.2. The highest BCUT2D eigenvalue weighted by molar-refractivity contribution is 7.86. The summed E-state index contributed by atoms with van der Waals surface area (Å²) < 4.78 is 24.4. The third-order valence-corrected chi connectivity index (χ3v) is 6.60. The van der Waals surface area contributed by atoms with Crippen molar-refractivity contribution in [2.75, 3.05) is 12.4 Å². The van der Waals surface area contributed by atoms with Gasteiger partial charge in [0.05, 0.1) is 22.2 Å². The van der Waals surface area contributed by atoms with Gasteiger partial charge in [-0.15, -0.1) is 0 Å².